The molecule has 1 aliphatic rings. The highest BCUT2D eigenvalue weighted by atomic mass is 16.2. The first-order valence-electron chi connectivity index (χ1n) is 6.65. The van der Waals surface area contributed by atoms with Crippen molar-refractivity contribution in [2.45, 2.75) is 19.3 Å². The number of amides is 1. The average Bonchev–Trinajstić information content (AvgIpc) is 2.40. The molecular weight excluding hydrogens is 250 g/mol. The van der Waals surface area contributed by atoms with Gasteiger partial charge in [-0.1, -0.05) is 36.4 Å². The van der Waals surface area contributed by atoms with E-state index in [0.717, 1.165) is 12.0 Å². The Morgan fingerprint density at radius 2 is 1.90 bits per heavy atom. The maximum absolute atomic E-state index is 12.2. The minimum Gasteiger partial charge on any atom is -0.326 e. The van der Waals surface area contributed by atoms with Gasteiger partial charge in [0.1, 0.15) is 0 Å². The first-order valence-corrected chi connectivity index (χ1v) is 6.65. The lowest BCUT2D eigenvalue weighted by atomic mass is 9.77. The van der Waals surface area contributed by atoms with Gasteiger partial charge < -0.3 is 5.32 Å². The van der Waals surface area contributed by atoms with Crippen LogP contribution in [0.25, 0.3) is 0 Å². The molecule has 0 saturated carbocycles. The quantitative estimate of drug-likeness (QED) is 0.866. The number of hydrogen-bond acceptors (Lipinski definition) is 2. The van der Waals surface area contributed by atoms with E-state index in [1.54, 1.807) is 24.3 Å². The summed E-state index contributed by atoms with van der Waals surface area (Å²) in [5, 5.41) is 2.89. The Labute approximate surface area is 117 Å². The van der Waals surface area contributed by atoms with Crippen LogP contribution in [-0.2, 0) is 11.2 Å². The molecule has 0 radical (unpaired) electrons. The largest absolute Gasteiger partial charge is 0.326 e. The fourth-order valence-electron chi connectivity index (χ4n) is 2.54. The van der Waals surface area contributed by atoms with Gasteiger partial charge in [0.2, 0.25) is 5.91 Å². The first kappa shape index (κ1) is 12.6. The lowest BCUT2D eigenvalue weighted by Crippen LogP contribution is -2.30. The Morgan fingerprint density at radius 3 is 2.65 bits per heavy atom. The van der Waals surface area contributed by atoms with E-state index in [9.17, 15) is 9.59 Å². The van der Waals surface area contributed by atoms with Crippen LogP contribution in [0, 0.1) is 0 Å². The summed E-state index contributed by atoms with van der Waals surface area (Å²) in [5.74, 6) is -0.0910. The smallest absolute Gasteiger partial charge is 0.232 e. The number of nitrogens with one attached hydrogen (secondary N) is 1. The number of carbonyl (C=O) groups is 2. The summed E-state index contributed by atoms with van der Waals surface area (Å²) in [6, 6.07) is 15.0. The van der Waals surface area contributed by atoms with E-state index in [-0.39, 0.29) is 17.6 Å². The predicted molar refractivity (Wildman–Crippen MR) is 78.0 cm³/mol. The Hall–Kier alpha value is -2.42. The van der Waals surface area contributed by atoms with Gasteiger partial charge in [0.05, 0.1) is 5.92 Å². The molecule has 1 unspecified atom stereocenters. The van der Waals surface area contributed by atoms with Crippen molar-refractivity contribution in [3.8, 4) is 0 Å². The highest BCUT2D eigenvalue weighted by Gasteiger charge is 2.31. The van der Waals surface area contributed by atoms with Gasteiger partial charge in [-0.3, -0.25) is 9.59 Å². The van der Waals surface area contributed by atoms with Gasteiger partial charge in [-0.2, -0.15) is 0 Å². The lowest BCUT2D eigenvalue weighted by molar-refractivity contribution is -0.118. The molecule has 0 aromatic heterocycles. The van der Waals surface area contributed by atoms with Crippen LogP contribution in [-0.4, -0.2) is 11.7 Å². The van der Waals surface area contributed by atoms with Crippen molar-refractivity contribution in [1.29, 1.82) is 0 Å². The number of fused-ring (bicyclic) bond motifs is 1. The van der Waals surface area contributed by atoms with Crippen molar-refractivity contribution in [3.05, 3.63) is 65.2 Å². The molecule has 3 heteroatoms. The van der Waals surface area contributed by atoms with Crippen LogP contribution in [0.3, 0.4) is 0 Å². The van der Waals surface area contributed by atoms with Crippen LogP contribution >= 0.6 is 0 Å². The topological polar surface area (TPSA) is 46.2 Å². The van der Waals surface area contributed by atoms with Gasteiger partial charge in [-0.05, 0) is 36.6 Å². The third-order valence-corrected chi connectivity index (χ3v) is 3.71. The molecule has 0 saturated heterocycles. The van der Waals surface area contributed by atoms with Crippen LogP contribution in [0.15, 0.2) is 48.5 Å². The fraction of sp³-hybridized carbons (Fsp3) is 0.176. The molecular formula is C17H15NO2. The Kier molecular flexibility index (Phi) is 3.11. The molecule has 3 nitrogen and oxygen atoms in total. The molecule has 1 amide bonds. The second-order valence-electron chi connectivity index (χ2n) is 5.08. The van der Waals surface area contributed by atoms with E-state index >= 15 is 0 Å². The van der Waals surface area contributed by atoms with E-state index in [1.165, 1.54) is 12.5 Å². The molecule has 2 aromatic carbocycles. The fourth-order valence-corrected chi connectivity index (χ4v) is 2.54. The zero-order valence-corrected chi connectivity index (χ0v) is 11.2. The standard InChI is InChI=1S/C17H15NO2/c1-11(19)12-6-4-7-14(9-12)18-17(20)16-10-13-5-2-3-8-15(13)16/h2-9,16H,10H2,1H3,(H,18,20). The van der Waals surface area contributed by atoms with Crippen molar-refractivity contribution >= 4 is 17.4 Å². The third-order valence-electron chi connectivity index (χ3n) is 3.71. The number of anilines is 1. The van der Waals surface area contributed by atoms with E-state index < -0.39 is 0 Å². The zero-order chi connectivity index (χ0) is 14.1. The third kappa shape index (κ3) is 2.23. The predicted octanol–water partition coefficient (Wildman–Crippen LogP) is 3.17. The molecule has 1 aliphatic carbocycles. The maximum Gasteiger partial charge on any atom is 0.232 e. The van der Waals surface area contributed by atoms with E-state index in [4.69, 9.17) is 0 Å². The highest BCUT2D eigenvalue weighted by Crippen LogP contribution is 2.35. The number of rotatable bonds is 3. The maximum atomic E-state index is 12.2. The summed E-state index contributed by atoms with van der Waals surface area (Å²) >= 11 is 0. The lowest BCUT2D eigenvalue weighted by Gasteiger charge is -2.28. The Morgan fingerprint density at radius 1 is 1.10 bits per heavy atom. The molecule has 0 bridgehead atoms. The molecule has 20 heavy (non-hydrogen) atoms. The van der Waals surface area contributed by atoms with Crippen LogP contribution in [0.1, 0.15) is 34.3 Å². The van der Waals surface area contributed by atoms with Crippen LogP contribution in [0.2, 0.25) is 0 Å². The summed E-state index contributed by atoms with van der Waals surface area (Å²) in [6.45, 7) is 1.52. The number of ketones is 1. The zero-order valence-electron chi connectivity index (χ0n) is 11.2. The summed E-state index contributed by atoms with van der Waals surface area (Å²) in [5.41, 5.74) is 3.63. The summed E-state index contributed by atoms with van der Waals surface area (Å²) in [4.78, 5) is 23.6. The normalized spacial score (nSPS) is 15.9. The second kappa shape index (κ2) is 4.93. The minimum atomic E-state index is -0.0767. The molecule has 0 aliphatic heterocycles. The molecule has 100 valence electrons. The molecule has 0 spiro atoms. The Bertz CT molecular complexity index is 691. The van der Waals surface area contributed by atoms with Gasteiger partial charge in [-0.15, -0.1) is 0 Å². The molecule has 2 aromatic rings. The van der Waals surface area contributed by atoms with Crippen LogP contribution in [0.5, 0.6) is 0 Å². The molecule has 0 fully saturated rings. The molecule has 3 rings (SSSR count). The number of benzene rings is 2. The first-order chi connectivity index (χ1) is 9.65. The number of hydrogen-bond donors (Lipinski definition) is 1. The van der Waals surface area contributed by atoms with Crippen molar-refractivity contribution in [2.24, 2.45) is 0 Å². The summed E-state index contributed by atoms with van der Waals surface area (Å²) in [6.07, 6.45) is 0.786. The van der Waals surface area contributed by atoms with E-state index in [2.05, 4.69) is 11.4 Å². The van der Waals surface area contributed by atoms with Crippen LogP contribution < -0.4 is 5.32 Å². The van der Waals surface area contributed by atoms with Gasteiger partial charge in [-0.25, -0.2) is 0 Å². The monoisotopic (exact) mass is 265 g/mol. The highest BCUT2D eigenvalue weighted by molar-refractivity contribution is 6.00. The van der Waals surface area contributed by atoms with Crippen molar-refractivity contribution < 1.29 is 9.59 Å². The number of carbonyl (C=O) groups excluding carboxylic acids is 2. The number of Topliss-reactive ketones (excluding diaryl/α,β-unsaturated/α-hetero) is 1. The Balaban J connectivity index is 1.75. The van der Waals surface area contributed by atoms with Crippen molar-refractivity contribution in [3.63, 3.8) is 0 Å². The van der Waals surface area contributed by atoms with E-state index in [0.29, 0.717) is 11.3 Å². The summed E-state index contributed by atoms with van der Waals surface area (Å²) in [7, 11) is 0. The van der Waals surface area contributed by atoms with Gasteiger partial charge >= 0.3 is 0 Å². The van der Waals surface area contributed by atoms with Crippen molar-refractivity contribution in [1.82, 2.24) is 0 Å². The average molecular weight is 265 g/mol. The van der Waals surface area contributed by atoms with Gasteiger partial charge in [0.15, 0.2) is 5.78 Å². The minimum absolute atomic E-state index is 0.00455. The van der Waals surface area contributed by atoms with Gasteiger partial charge in [0, 0.05) is 11.3 Å². The summed E-state index contributed by atoms with van der Waals surface area (Å²) < 4.78 is 0. The SMILES string of the molecule is CC(=O)c1cccc(NC(=O)C2Cc3ccccc32)c1. The molecule has 1 N–H and O–H groups in total. The van der Waals surface area contributed by atoms with Crippen LogP contribution in [0.4, 0.5) is 5.69 Å². The van der Waals surface area contributed by atoms with E-state index in [1.807, 2.05) is 18.2 Å². The molecule has 1 atom stereocenters. The van der Waals surface area contributed by atoms with Gasteiger partial charge in [0.25, 0.3) is 0 Å². The molecule has 0 heterocycles. The van der Waals surface area contributed by atoms with Crippen molar-refractivity contribution in [2.75, 3.05) is 5.32 Å². The second-order valence-corrected chi connectivity index (χ2v) is 5.08.